The van der Waals surface area contributed by atoms with Crippen LogP contribution in [-0.2, 0) is 16.0 Å². The summed E-state index contributed by atoms with van der Waals surface area (Å²) in [5.74, 6) is -0.399. The van der Waals surface area contributed by atoms with Crippen LogP contribution in [0.5, 0.6) is 0 Å². The number of benzene rings is 1. The topological polar surface area (TPSA) is 70.6 Å². The van der Waals surface area contributed by atoms with Crippen LogP contribution in [0.4, 0.5) is 0 Å². The lowest BCUT2D eigenvalue weighted by Crippen LogP contribution is -2.38. The number of hydrazone groups is 1. The van der Waals surface area contributed by atoms with Crippen LogP contribution in [0.1, 0.15) is 41.8 Å². The number of hydrogen-bond donors (Lipinski definition) is 2. The number of thiophene rings is 1. The fraction of sp³-hybridized carbons (Fsp3) is 0.278. The molecule has 0 bridgehead atoms. The second-order valence-corrected chi connectivity index (χ2v) is 6.59. The van der Waals surface area contributed by atoms with Crippen molar-refractivity contribution in [2.45, 2.75) is 32.2 Å². The van der Waals surface area contributed by atoms with Gasteiger partial charge in [0, 0.05) is 17.7 Å². The summed E-state index contributed by atoms with van der Waals surface area (Å²) in [6.07, 6.45) is 1.64. The van der Waals surface area contributed by atoms with Crippen molar-refractivity contribution >= 4 is 28.9 Å². The molecule has 1 aliphatic heterocycles. The molecule has 0 radical (unpaired) electrons. The fourth-order valence-corrected chi connectivity index (χ4v) is 3.37. The van der Waals surface area contributed by atoms with Crippen LogP contribution in [0, 0.1) is 0 Å². The van der Waals surface area contributed by atoms with Gasteiger partial charge in [0.15, 0.2) is 0 Å². The lowest BCUT2D eigenvalue weighted by molar-refractivity contribution is -0.121. The Labute approximate surface area is 144 Å². The summed E-state index contributed by atoms with van der Waals surface area (Å²) in [6, 6.07) is 12.0. The third kappa shape index (κ3) is 3.71. The Morgan fingerprint density at radius 1 is 1.29 bits per heavy atom. The molecule has 1 aromatic heterocycles. The summed E-state index contributed by atoms with van der Waals surface area (Å²) in [7, 11) is 0. The Bertz CT molecular complexity index is 751. The minimum absolute atomic E-state index is 0.156. The van der Waals surface area contributed by atoms with Crippen LogP contribution in [0.3, 0.4) is 0 Å². The standard InChI is InChI=1S/C18H19N3O2S/c1-2-12-5-7-13(8-6-12)17(15-4-3-11-24-15)19-18(23)14-9-10-16(22)21-20-14/h3-8,11,17H,2,9-10H2,1H3,(H,19,23)(H,21,22)/t17-/m1/s1. The SMILES string of the molecule is CCc1ccc([C@@H](NC(=O)C2=NNC(=O)CC2)c2cccs2)cc1. The molecule has 2 amide bonds. The molecule has 0 saturated heterocycles. The predicted molar refractivity (Wildman–Crippen MR) is 94.9 cm³/mol. The zero-order valence-corrected chi connectivity index (χ0v) is 14.2. The monoisotopic (exact) mass is 341 g/mol. The van der Waals surface area contributed by atoms with Gasteiger partial charge in [-0.2, -0.15) is 5.10 Å². The van der Waals surface area contributed by atoms with Crippen LogP contribution >= 0.6 is 11.3 Å². The molecule has 2 heterocycles. The number of carbonyl (C=O) groups is 2. The molecule has 0 spiro atoms. The molecular formula is C18H19N3O2S. The maximum absolute atomic E-state index is 12.5. The molecule has 6 heteroatoms. The van der Waals surface area contributed by atoms with E-state index in [1.54, 1.807) is 11.3 Å². The summed E-state index contributed by atoms with van der Waals surface area (Å²) in [6.45, 7) is 2.11. The van der Waals surface area contributed by atoms with Crippen LogP contribution in [0.15, 0.2) is 46.9 Å². The molecule has 1 atom stereocenters. The fourth-order valence-electron chi connectivity index (χ4n) is 2.57. The van der Waals surface area contributed by atoms with Crippen molar-refractivity contribution < 1.29 is 9.59 Å². The molecule has 0 saturated carbocycles. The molecule has 2 aromatic rings. The van der Waals surface area contributed by atoms with Gasteiger partial charge in [-0.25, -0.2) is 5.43 Å². The Morgan fingerprint density at radius 3 is 2.67 bits per heavy atom. The highest BCUT2D eigenvalue weighted by molar-refractivity contribution is 7.10. The molecule has 24 heavy (non-hydrogen) atoms. The van der Waals surface area contributed by atoms with Crippen molar-refractivity contribution in [3.8, 4) is 0 Å². The maximum Gasteiger partial charge on any atom is 0.268 e. The summed E-state index contributed by atoms with van der Waals surface area (Å²) < 4.78 is 0. The van der Waals surface area contributed by atoms with Gasteiger partial charge in [-0.05, 0) is 29.0 Å². The number of amides is 2. The third-order valence-electron chi connectivity index (χ3n) is 3.99. The summed E-state index contributed by atoms with van der Waals surface area (Å²) in [5, 5.41) is 8.91. The minimum Gasteiger partial charge on any atom is -0.339 e. The van der Waals surface area contributed by atoms with E-state index in [1.165, 1.54) is 5.56 Å². The van der Waals surface area contributed by atoms with E-state index in [1.807, 2.05) is 29.6 Å². The highest BCUT2D eigenvalue weighted by Crippen LogP contribution is 2.26. The quantitative estimate of drug-likeness (QED) is 0.878. The van der Waals surface area contributed by atoms with Gasteiger partial charge >= 0.3 is 0 Å². The van der Waals surface area contributed by atoms with Gasteiger partial charge in [-0.15, -0.1) is 11.3 Å². The number of hydrogen-bond acceptors (Lipinski definition) is 4. The largest absolute Gasteiger partial charge is 0.339 e. The Balaban J connectivity index is 1.83. The minimum atomic E-state index is -0.243. The zero-order valence-electron chi connectivity index (χ0n) is 13.4. The van der Waals surface area contributed by atoms with Gasteiger partial charge in [0.05, 0.1) is 6.04 Å². The first-order valence-corrected chi connectivity index (χ1v) is 8.84. The van der Waals surface area contributed by atoms with E-state index >= 15 is 0 Å². The van der Waals surface area contributed by atoms with Gasteiger partial charge in [0.1, 0.15) is 5.71 Å². The number of rotatable bonds is 5. The normalized spacial score (nSPS) is 15.4. The Morgan fingerprint density at radius 2 is 2.08 bits per heavy atom. The zero-order chi connectivity index (χ0) is 16.9. The molecule has 3 rings (SSSR count). The lowest BCUT2D eigenvalue weighted by atomic mass is 10.0. The molecule has 2 N–H and O–H groups in total. The Kier molecular flexibility index (Phi) is 5.05. The Hall–Kier alpha value is -2.47. The van der Waals surface area contributed by atoms with E-state index in [0.29, 0.717) is 18.6 Å². The summed E-state index contributed by atoms with van der Waals surface area (Å²) in [5.41, 5.74) is 5.02. The second-order valence-electron chi connectivity index (χ2n) is 5.61. The molecule has 5 nitrogen and oxygen atoms in total. The van der Waals surface area contributed by atoms with Crippen LogP contribution in [-0.4, -0.2) is 17.5 Å². The predicted octanol–water partition coefficient (Wildman–Crippen LogP) is 2.78. The van der Waals surface area contributed by atoms with Gasteiger partial charge in [0.2, 0.25) is 5.91 Å². The van der Waals surface area contributed by atoms with Crippen LogP contribution in [0.25, 0.3) is 0 Å². The van der Waals surface area contributed by atoms with Gasteiger partial charge in [-0.1, -0.05) is 37.3 Å². The van der Waals surface area contributed by atoms with E-state index in [-0.39, 0.29) is 17.9 Å². The molecule has 0 unspecified atom stereocenters. The first kappa shape index (κ1) is 16.4. The van der Waals surface area contributed by atoms with Crippen molar-refractivity contribution in [3.05, 3.63) is 57.8 Å². The summed E-state index contributed by atoms with van der Waals surface area (Å²) in [4.78, 5) is 24.8. The number of nitrogens with zero attached hydrogens (tertiary/aromatic N) is 1. The summed E-state index contributed by atoms with van der Waals surface area (Å²) >= 11 is 1.60. The number of carbonyl (C=O) groups excluding carboxylic acids is 2. The maximum atomic E-state index is 12.5. The molecule has 1 aromatic carbocycles. The molecular weight excluding hydrogens is 322 g/mol. The van der Waals surface area contributed by atoms with Crippen molar-refractivity contribution in [2.24, 2.45) is 5.10 Å². The first-order valence-electron chi connectivity index (χ1n) is 7.96. The van der Waals surface area contributed by atoms with Crippen molar-refractivity contribution in [3.63, 3.8) is 0 Å². The average Bonchev–Trinajstić information content (AvgIpc) is 3.14. The van der Waals surface area contributed by atoms with Gasteiger partial charge < -0.3 is 5.32 Å². The van der Waals surface area contributed by atoms with Crippen molar-refractivity contribution in [1.29, 1.82) is 0 Å². The molecule has 0 aliphatic carbocycles. The van der Waals surface area contributed by atoms with E-state index in [0.717, 1.165) is 16.9 Å². The smallest absolute Gasteiger partial charge is 0.268 e. The van der Waals surface area contributed by atoms with Gasteiger partial charge in [0.25, 0.3) is 5.91 Å². The number of nitrogens with one attached hydrogen (secondary N) is 2. The number of aryl methyl sites for hydroxylation is 1. The molecule has 0 fully saturated rings. The van der Waals surface area contributed by atoms with E-state index in [9.17, 15) is 9.59 Å². The lowest BCUT2D eigenvalue weighted by Gasteiger charge is -2.20. The highest BCUT2D eigenvalue weighted by Gasteiger charge is 2.23. The van der Waals surface area contributed by atoms with Crippen LogP contribution in [0.2, 0.25) is 0 Å². The van der Waals surface area contributed by atoms with E-state index in [2.05, 4.69) is 34.9 Å². The van der Waals surface area contributed by atoms with E-state index < -0.39 is 0 Å². The second kappa shape index (κ2) is 7.40. The van der Waals surface area contributed by atoms with Crippen molar-refractivity contribution in [2.75, 3.05) is 0 Å². The average molecular weight is 341 g/mol. The molecule has 1 aliphatic rings. The van der Waals surface area contributed by atoms with Crippen molar-refractivity contribution in [1.82, 2.24) is 10.7 Å². The third-order valence-corrected chi connectivity index (χ3v) is 4.93. The van der Waals surface area contributed by atoms with Crippen LogP contribution < -0.4 is 10.7 Å². The van der Waals surface area contributed by atoms with Gasteiger partial charge in [-0.3, -0.25) is 9.59 Å². The molecule has 124 valence electrons. The highest BCUT2D eigenvalue weighted by atomic mass is 32.1. The van der Waals surface area contributed by atoms with E-state index in [4.69, 9.17) is 0 Å². The first-order chi connectivity index (χ1) is 11.7.